The van der Waals surface area contributed by atoms with Crippen LogP contribution in [0.2, 0.25) is 0 Å². The lowest BCUT2D eigenvalue weighted by atomic mass is 10.1. The Hall–Kier alpha value is -1.73. The summed E-state index contributed by atoms with van der Waals surface area (Å²) in [5.74, 6) is 0.993. The molecule has 2 aromatic heterocycles. The van der Waals surface area contributed by atoms with Gasteiger partial charge in [-0.25, -0.2) is 9.97 Å². The van der Waals surface area contributed by atoms with Crippen LogP contribution >= 0.6 is 0 Å². The van der Waals surface area contributed by atoms with Crippen molar-refractivity contribution >= 4 is 16.9 Å². The number of hydrogen-bond donors (Lipinski definition) is 1. The van der Waals surface area contributed by atoms with Gasteiger partial charge in [0.15, 0.2) is 11.5 Å². The Labute approximate surface area is 118 Å². The predicted octanol–water partition coefficient (Wildman–Crippen LogP) is 1.28. The first-order valence-corrected chi connectivity index (χ1v) is 6.50. The lowest BCUT2D eigenvalue weighted by molar-refractivity contribution is -0.0131. The predicted molar refractivity (Wildman–Crippen MR) is 76.1 cm³/mol. The molecule has 20 heavy (non-hydrogen) atoms. The maximum Gasteiger partial charge on any atom is 0.163 e. The molecule has 0 spiro atoms. The molecule has 0 atom stereocenters. The minimum Gasteiger partial charge on any atom is -0.383 e. The summed E-state index contributed by atoms with van der Waals surface area (Å²) in [6.07, 6.45) is 2.46. The number of hydrogen-bond acceptors (Lipinski definition) is 6. The van der Waals surface area contributed by atoms with Gasteiger partial charge in [0.25, 0.3) is 0 Å². The van der Waals surface area contributed by atoms with Gasteiger partial charge in [-0.15, -0.1) is 0 Å². The van der Waals surface area contributed by atoms with Gasteiger partial charge in [0.1, 0.15) is 12.4 Å². The van der Waals surface area contributed by atoms with Crippen molar-refractivity contribution in [2.75, 3.05) is 19.5 Å². The van der Waals surface area contributed by atoms with Crippen LogP contribution in [0.1, 0.15) is 26.1 Å². The second-order valence-corrected chi connectivity index (χ2v) is 5.30. The Balaban J connectivity index is 1.98. The number of aryl methyl sites for hydroxylation is 1. The van der Waals surface area contributed by atoms with E-state index in [-0.39, 0.29) is 5.60 Å². The van der Waals surface area contributed by atoms with E-state index >= 15 is 0 Å². The second kappa shape index (κ2) is 5.72. The largest absolute Gasteiger partial charge is 0.383 e. The first-order valence-electron chi connectivity index (χ1n) is 6.50. The summed E-state index contributed by atoms with van der Waals surface area (Å²) >= 11 is 0. The fourth-order valence-electron chi connectivity index (χ4n) is 1.74. The summed E-state index contributed by atoms with van der Waals surface area (Å²) < 4.78 is 12.6. The molecule has 0 fully saturated rings. The average Bonchev–Trinajstić information content (AvgIpc) is 2.77. The molecule has 2 aromatic rings. The summed E-state index contributed by atoms with van der Waals surface area (Å²) in [5, 5.41) is 4.88. The maximum absolute atomic E-state index is 5.89. The smallest absolute Gasteiger partial charge is 0.163 e. The Morgan fingerprint density at radius 1 is 1.35 bits per heavy atom. The maximum atomic E-state index is 5.89. The highest BCUT2D eigenvalue weighted by Gasteiger charge is 2.16. The van der Waals surface area contributed by atoms with Crippen LogP contribution in [0.3, 0.4) is 0 Å². The van der Waals surface area contributed by atoms with Crippen molar-refractivity contribution in [1.29, 1.82) is 0 Å². The number of aromatic nitrogens is 4. The van der Waals surface area contributed by atoms with Gasteiger partial charge in [-0.1, -0.05) is 0 Å². The lowest BCUT2D eigenvalue weighted by Crippen LogP contribution is -2.24. The molecule has 7 heteroatoms. The van der Waals surface area contributed by atoms with E-state index in [1.54, 1.807) is 18.0 Å². The third-order valence-corrected chi connectivity index (χ3v) is 3.30. The monoisotopic (exact) mass is 279 g/mol. The molecule has 110 valence electrons. The number of methoxy groups -OCH3 is 1. The zero-order chi connectivity index (χ0) is 14.8. The summed E-state index contributed by atoms with van der Waals surface area (Å²) in [4.78, 5) is 8.63. The van der Waals surface area contributed by atoms with Gasteiger partial charge in [-0.2, -0.15) is 5.10 Å². The number of rotatable bonds is 6. The molecule has 2 N–H and O–H groups in total. The first kappa shape index (κ1) is 14.7. The highest BCUT2D eigenvalue weighted by Crippen LogP contribution is 2.17. The molecule has 2 rings (SSSR count). The first-order chi connectivity index (χ1) is 9.43. The molecule has 0 radical (unpaired) electrons. The van der Waals surface area contributed by atoms with Crippen LogP contribution in [0.5, 0.6) is 0 Å². The number of nitrogens with two attached hydrogens (primary N) is 1. The molecule has 0 saturated heterocycles. The van der Waals surface area contributed by atoms with Crippen LogP contribution in [0.25, 0.3) is 11.0 Å². The molecule has 0 aliphatic rings. The van der Waals surface area contributed by atoms with Gasteiger partial charge in [0, 0.05) is 20.8 Å². The van der Waals surface area contributed by atoms with Crippen molar-refractivity contribution in [3.05, 3.63) is 12.0 Å². The number of anilines is 1. The van der Waals surface area contributed by atoms with E-state index in [4.69, 9.17) is 15.2 Å². The lowest BCUT2D eigenvalue weighted by Gasteiger charge is -2.22. The molecule has 0 bridgehead atoms. The van der Waals surface area contributed by atoms with Gasteiger partial charge < -0.3 is 15.2 Å². The molecule has 0 aromatic carbocycles. The molecular weight excluding hydrogens is 258 g/mol. The minimum atomic E-state index is -0.189. The summed E-state index contributed by atoms with van der Waals surface area (Å²) in [6, 6.07) is 0. The van der Waals surface area contributed by atoms with Crippen LogP contribution < -0.4 is 5.73 Å². The fourth-order valence-corrected chi connectivity index (χ4v) is 1.74. The number of fused-ring (bicyclic) bond motifs is 1. The standard InChI is InChI=1S/C13H21N5O2/c1-13(2,19-4)5-6-20-8-10-16-11(14)9-7-15-18(3)12(9)17-10/h7H,5-6,8H2,1-4H3,(H2,14,16,17). The van der Waals surface area contributed by atoms with Gasteiger partial charge in [0.2, 0.25) is 0 Å². The third-order valence-electron chi connectivity index (χ3n) is 3.30. The van der Waals surface area contributed by atoms with Crippen molar-refractivity contribution in [3.8, 4) is 0 Å². The van der Waals surface area contributed by atoms with E-state index in [0.717, 1.165) is 11.8 Å². The molecule has 0 aliphatic carbocycles. The van der Waals surface area contributed by atoms with Crippen molar-refractivity contribution in [2.45, 2.75) is 32.5 Å². The molecule has 0 amide bonds. The number of ether oxygens (including phenoxy) is 2. The highest BCUT2D eigenvalue weighted by molar-refractivity contribution is 5.84. The van der Waals surface area contributed by atoms with Crippen LogP contribution in [-0.2, 0) is 23.1 Å². The van der Waals surface area contributed by atoms with Crippen LogP contribution in [0.15, 0.2) is 6.20 Å². The fraction of sp³-hybridized carbons (Fsp3) is 0.615. The normalized spacial score (nSPS) is 12.2. The number of nitrogen functional groups attached to an aromatic ring is 1. The Bertz CT molecular complexity index is 594. The summed E-state index contributed by atoms with van der Waals surface area (Å²) in [6.45, 7) is 4.94. The van der Waals surface area contributed by atoms with Crippen LogP contribution in [0.4, 0.5) is 5.82 Å². The molecule has 7 nitrogen and oxygen atoms in total. The van der Waals surface area contributed by atoms with E-state index in [1.165, 1.54) is 0 Å². The third kappa shape index (κ3) is 3.23. The molecular formula is C13H21N5O2. The van der Waals surface area contributed by atoms with E-state index in [2.05, 4.69) is 15.1 Å². The van der Waals surface area contributed by atoms with E-state index in [0.29, 0.717) is 30.5 Å². The van der Waals surface area contributed by atoms with E-state index in [9.17, 15) is 0 Å². The molecule has 0 aliphatic heterocycles. The van der Waals surface area contributed by atoms with E-state index < -0.39 is 0 Å². The van der Waals surface area contributed by atoms with Crippen molar-refractivity contribution < 1.29 is 9.47 Å². The van der Waals surface area contributed by atoms with Gasteiger partial charge in [0.05, 0.1) is 17.2 Å². The Kier molecular flexibility index (Phi) is 4.20. The SMILES string of the molecule is COC(C)(C)CCOCc1nc(N)c2cnn(C)c2n1. The van der Waals surface area contributed by atoms with Gasteiger partial charge >= 0.3 is 0 Å². The molecule has 0 saturated carbocycles. The topological polar surface area (TPSA) is 88.1 Å². The molecule has 0 unspecified atom stereocenters. The van der Waals surface area contributed by atoms with Crippen LogP contribution in [0, 0.1) is 0 Å². The summed E-state index contributed by atoms with van der Waals surface area (Å²) in [7, 11) is 3.51. The van der Waals surface area contributed by atoms with E-state index in [1.807, 2.05) is 20.9 Å². The Morgan fingerprint density at radius 3 is 2.80 bits per heavy atom. The molecule has 2 heterocycles. The second-order valence-electron chi connectivity index (χ2n) is 5.30. The van der Waals surface area contributed by atoms with Crippen LogP contribution in [-0.4, -0.2) is 39.1 Å². The van der Waals surface area contributed by atoms with Crippen molar-refractivity contribution in [1.82, 2.24) is 19.7 Å². The van der Waals surface area contributed by atoms with Crippen molar-refractivity contribution in [2.24, 2.45) is 7.05 Å². The quantitative estimate of drug-likeness (QED) is 0.801. The average molecular weight is 279 g/mol. The van der Waals surface area contributed by atoms with Gasteiger partial charge in [-0.05, 0) is 20.3 Å². The zero-order valence-electron chi connectivity index (χ0n) is 12.4. The van der Waals surface area contributed by atoms with Crippen molar-refractivity contribution in [3.63, 3.8) is 0 Å². The zero-order valence-corrected chi connectivity index (χ0v) is 12.4. The number of nitrogens with zero attached hydrogens (tertiary/aromatic N) is 4. The summed E-state index contributed by atoms with van der Waals surface area (Å²) in [5.41, 5.74) is 6.41. The van der Waals surface area contributed by atoms with Gasteiger partial charge in [-0.3, -0.25) is 4.68 Å². The highest BCUT2D eigenvalue weighted by atomic mass is 16.5. The minimum absolute atomic E-state index is 0.189. The Morgan fingerprint density at radius 2 is 2.10 bits per heavy atom.